The van der Waals surface area contributed by atoms with Gasteiger partial charge in [-0.3, -0.25) is 0 Å². The minimum atomic E-state index is -0.365. The molecule has 1 rings (SSSR count). The highest BCUT2D eigenvalue weighted by Gasteiger charge is 2.10. The second kappa shape index (κ2) is 7.14. The monoisotopic (exact) mass is 239 g/mol. The Labute approximate surface area is 102 Å². The van der Waals surface area contributed by atoms with Crippen LogP contribution in [0.4, 0.5) is 0 Å². The van der Waals surface area contributed by atoms with Crippen molar-refractivity contribution >= 4 is 0 Å². The number of aliphatic hydroxyl groups is 1. The van der Waals surface area contributed by atoms with Crippen LogP contribution in [0.1, 0.15) is 25.8 Å². The molecule has 0 heterocycles. The quantitative estimate of drug-likeness (QED) is 0.760. The fourth-order valence-corrected chi connectivity index (χ4v) is 1.49. The van der Waals surface area contributed by atoms with Crippen LogP contribution in [0, 0.1) is 0 Å². The van der Waals surface area contributed by atoms with E-state index in [1.54, 1.807) is 6.92 Å². The maximum atomic E-state index is 9.19. The van der Waals surface area contributed by atoms with Gasteiger partial charge in [0, 0.05) is 18.5 Å². The molecule has 17 heavy (non-hydrogen) atoms. The molecule has 3 N–H and O–H groups in total. The Morgan fingerprint density at radius 2 is 2.12 bits per heavy atom. The second-order valence-corrected chi connectivity index (χ2v) is 3.87. The average Bonchev–Trinajstić information content (AvgIpc) is 2.30. The lowest BCUT2D eigenvalue weighted by molar-refractivity contribution is 0.153. The van der Waals surface area contributed by atoms with Gasteiger partial charge >= 0.3 is 0 Å². The van der Waals surface area contributed by atoms with Crippen molar-refractivity contribution in [2.45, 2.75) is 32.9 Å². The first-order chi connectivity index (χ1) is 8.19. The van der Waals surface area contributed by atoms with Crippen LogP contribution in [0.25, 0.3) is 0 Å². The van der Waals surface area contributed by atoms with Gasteiger partial charge in [0.25, 0.3) is 0 Å². The van der Waals surface area contributed by atoms with Crippen LogP contribution in [0.2, 0.25) is 0 Å². The predicted molar refractivity (Wildman–Crippen MR) is 67.3 cm³/mol. The maximum absolute atomic E-state index is 9.19. The number of para-hydroxylation sites is 1. The van der Waals surface area contributed by atoms with E-state index in [-0.39, 0.29) is 6.10 Å². The van der Waals surface area contributed by atoms with Gasteiger partial charge in [0.2, 0.25) is 0 Å². The van der Waals surface area contributed by atoms with Crippen LogP contribution in [-0.2, 0) is 6.54 Å². The van der Waals surface area contributed by atoms with E-state index in [9.17, 15) is 5.11 Å². The lowest BCUT2D eigenvalue weighted by Crippen LogP contribution is -2.10. The molecular formula is C13H21NO3. The highest BCUT2D eigenvalue weighted by atomic mass is 16.5. The molecule has 4 nitrogen and oxygen atoms in total. The Balaban J connectivity index is 2.77. The molecule has 96 valence electrons. The van der Waals surface area contributed by atoms with Gasteiger partial charge in [-0.05, 0) is 19.9 Å². The van der Waals surface area contributed by atoms with Gasteiger partial charge in [-0.15, -0.1) is 0 Å². The summed E-state index contributed by atoms with van der Waals surface area (Å²) in [4.78, 5) is 0. The van der Waals surface area contributed by atoms with E-state index in [4.69, 9.17) is 15.2 Å². The number of benzene rings is 1. The summed E-state index contributed by atoms with van der Waals surface area (Å²) in [6, 6.07) is 5.68. The molecule has 0 aliphatic heterocycles. The Morgan fingerprint density at radius 3 is 2.71 bits per heavy atom. The van der Waals surface area contributed by atoms with E-state index in [0.29, 0.717) is 37.7 Å². The van der Waals surface area contributed by atoms with Crippen molar-refractivity contribution in [1.29, 1.82) is 0 Å². The molecule has 1 unspecified atom stereocenters. The molecule has 1 aromatic carbocycles. The van der Waals surface area contributed by atoms with Crippen LogP contribution >= 0.6 is 0 Å². The first kappa shape index (κ1) is 13.8. The maximum Gasteiger partial charge on any atom is 0.165 e. The van der Waals surface area contributed by atoms with Gasteiger partial charge in [0.05, 0.1) is 19.3 Å². The third kappa shape index (κ3) is 4.24. The number of rotatable bonds is 7. The minimum absolute atomic E-state index is 0.365. The molecule has 0 radical (unpaired) electrons. The molecule has 1 atom stereocenters. The van der Waals surface area contributed by atoms with Crippen LogP contribution < -0.4 is 15.2 Å². The van der Waals surface area contributed by atoms with Gasteiger partial charge in [0.15, 0.2) is 11.5 Å². The van der Waals surface area contributed by atoms with E-state index < -0.39 is 0 Å². The second-order valence-electron chi connectivity index (χ2n) is 3.87. The predicted octanol–water partition coefficient (Wildman–Crippen LogP) is 1.69. The van der Waals surface area contributed by atoms with Crippen molar-refractivity contribution < 1.29 is 14.6 Å². The first-order valence-electron chi connectivity index (χ1n) is 5.94. The zero-order valence-corrected chi connectivity index (χ0v) is 10.5. The third-order valence-corrected chi connectivity index (χ3v) is 2.36. The largest absolute Gasteiger partial charge is 0.490 e. The highest BCUT2D eigenvalue weighted by molar-refractivity contribution is 5.46. The van der Waals surface area contributed by atoms with Gasteiger partial charge in [-0.25, -0.2) is 0 Å². The highest BCUT2D eigenvalue weighted by Crippen LogP contribution is 2.31. The molecular weight excluding hydrogens is 218 g/mol. The molecule has 0 aliphatic rings. The summed E-state index contributed by atoms with van der Waals surface area (Å²) in [6.45, 7) is 5.11. The zero-order chi connectivity index (χ0) is 12.7. The topological polar surface area (TPSA) is 64.7 Å². The summed E-state index contributed by atoms with van der Waals surface area (Å²) < 4.78 is 11.2. The third-order valence-electron chi connectivity index (χ3n) is 2.36. The molecule has 0 saturated carbocycles. The van der Waals surface area contributed by atoms with Crippen molar-refractivity contribution in [2.75, 3.05) is 13.2 Å². The summed E-state index contributed by atoms with van der Waals surface area (Å²) >= 11 is 0. The molecule has 1 aromatic rings. The van der Waals surface area contributed by atoms with Crippen molar-refractivity contribution in [3.05, 3.63) is 23.8 Å². The Morgan fingerprint density at radius 1 is 1.35 bits per heavy atom. The first-order valence-corrected chi connectivity index (χ1v) is 5.94. The zero-order valence-electron chi connectivity index (χ0n) is 10.5. The smallest absolute Gasteiger partial charge is 0.165 e. The Kier molecular flexibility index (Phi) is 5.80. The average molecular weight is 239 g/mol. The molecule has 0 spiro atoms. The molecule has 0 saturated heterocycles. The van der Waals surface area contributed by atoms with E-state index in [2.05, 4.69) is 0 Å². The van der Waals surface area contributed by atoms with Crippen LogP contribution in [-0.4, -0.2) is 24.4 Å². The Bertz CT molecular complexity index is 339. The van der Waals surface area contributed by atoms with E-state index in [0.717, 1.165) is 5.56 Å². The lowest BCUT2D eigenvalue weighted by Gasteiger charge is -2.15. The number of hydrogen-bond acceptors (Lipinski definition) is 4. The summed E-state index contributed by atoms with van der Waals surface area (Å²) in [5.41, 5.74) is 6.58. The molecule has 0 amide bonds. The van der Waals surface area contributed by atoms with E-state index in [1.165, 1.54) is 0 Å². The number of hydrogen-bond donors (Lipinski definition) is 2. The number of nitrogens with two attached hydrogens (primary N) is 1. The van der Waals surface area contributed by atoms with Gasteiger partial charge in [-0.2, -0.15) is 0 Å². The number of ether oxygens (including phenoxy) is 2. The Hall–Kier alpha value is -1.26. The lowest BCUT2D eigenvalue weighted by atomic mass is 10.2. The van der Waals surface area contributed by atoms with Gasteiger partial charge in [-0.1, -0.05) is 12.1 Å². The molecule has 0 aromatic heterocycles. The van der Waals surface area contributed by atoms with E-state index in [1.807, 2.05) is 25.1 Å². The van der Waals surface area contributed by atoms with Crippen molar-refractivity contribution in [1.82, 2.24) is 0 Å². The molecule has 0 bridgehead atoms. The van der Waals surface area contributed by atoms with Gasteiger partial charge in [0.1, 0.15) is 0 Å². The summed E-state index contributed by atoms with van der Waals surface area (Å²) in [5, 5.41) is 9.19. The molecule has 0 fully saturated rings. The summed E-state index contributed by atoms with van der Waals surface area (Å²) in [5.74, 6) is 1.40. The van der Waals surface area contributed by atoms with Crippen molar-refractivity contribution in [2.24, 2.45) is 5.73 Å². The van der Waals surface area contributed by atoms with Crippen molar-refractivity contribution in [3.63, 3.8) is 0 Å². The fraction of sp³-hybridized carbons (Fsp3) is 0.538. The van der Waals surface area contributed by atoms with Crippen molar-refractivity contribution in [3.8, 4) is 11.5 Å². The van der Waals surface area contributed by atoms with Crippen LogP contribution in [0.3, 0.4) is 0 Å². The standard InChI is InChI=1S/C13H21NO3/c1-3-16-12-6-4-5-11(9-14)13(12)17-8-7-10(2)15/h4-6,10,15H,3,7-9,14H2,1-2H3. The molecule has 4 heteroatoms. The summed E-state index contributed by atoms with van der Waals surface area (Å²) in [6.07, 6.45) is 0.223. The fourth-order valence-electron chi connectivity index (χ4n) is 1.49. The molecule has 0 aliphatic carbocycles. The van der Waals surface area contributed by atoms with Gasteiger partial charge < -0.3 is 20.3 Å². The van der Waals surface area contributed by atoms with E-state index >= 15 is 0 Å². The summed E-state index contributed by atoms with van der Waals surface area (Å²) in [7, 11) is 0. The van der Waals surface area contributed by atoms with Crippen LogP contribution in [0.15, 0.2) is 18.2 Å². The SMILES string of the molecule is CCOc1cccc(CN)c1OCCC(C)O. The number of aliphatic hydroxyl groups excluding tert-OH is 1. The minimum Gasteiger partial charge on any atom is -0.490 e. The normalized spacial score (nSPS) is 12.2. The van der Waals surface area contributed by atoms with Crippen LogP contribution in [0.5, 0.6) is 11.5 Å².